The van der Waals surface area contributed by atoms with Crippen molar-refractivity contribution in [3.05, 3.63) is 27.4 Å². The highest BCUT2D eigenvalue weighted by Gasteiger charge is 1.98. The van der Waals surface area contributed by atoms with Crippen molar-refractivity contribution in [2.75, 3.05) is 5.88 Å². The van der Waals surface area contributed by atoms with Crippen molar-refractivity contribution in [3.63, 3.8) is 0 Å². The summed E-state index contributed by atoms with van der Waals surface area (Å²) in [6.07, 6.45) is 3.78. The summed E-state index contributed by atoms with van der Waals surface area (Å²) >= 11 is 8.61. The first kappa shape index (κ1) is 9.74. The largest absolute Gasteiger partial charge is 0.298 e. The molecule has 0 aromatic carbocycles. The van der Waals surface area contributed by atoms with Crippen molar-refractivity contribution in [3.8, 4) is 0 Å². The lowest BCUT2D eigenvalue weighted by Gasteiger charge is -2.02. The van der Waals surface area contributed by atoms with Crippen LogP contribution in [0.1, 0.15) is 6.42 Å². The quantitative estimate of drug-likeness (QED) is 0.766. The zero-order valence-electron chi connectivity index (χ0n) is 6.33. The van der Waals surface area contributed by atoms with E-state index in [1.807, 2.05) is 0 Å². The van der Waals surface area contributed by atoms with Crippen LogP contribution < -0.4 is 5.56 Å². The third-order valence-corrected chi connectivity index (χ3v) is 2.20. The van der Waals surface area contributed by atoms with Crippen molar-refractivity contribution in [1.82, 2.24) is 9.55 Å². The van der Waals surface area contributed by atoms with Crippen molar-refractivity contribution >= 4 is 27.5 Å². The molecule has 1 aromatic rings. The summed E-state index contributed by atoms with van der Waals surface area (Å²) in [5.41, 5.74) is -0.0601. The van der Waals surface area contributed by atoms with E-state index in [4.69, 9.17) is 11.6 Å². The van der Waals surface area contributed by atoms with Crippen LogP contribution in [-0.4, -0.2) is 15.4 Å². The third kappa shape index (κ3) is 2.32. The smallest absolute Gasteiger partial charge is 0.267 e. The highest BCUT2D eigenvalue weighted by Crippen LogP contribution is 1.98. The van der Waals surface area contributed by atoms with E-state index in [2.05, 4.69) is 20.9 Å². The molecule has 0 aliphatic heterocycles. The van der Waals surface area contributed by atoms with Gasteiger partial charge in [0.25, 0.3) is 5.56 Å². The van der Waals surface area contributed by atoms with Gasteiger partial charge in [0.05, 0.1) is 6.33 Å². The fourth-order valence-electron chi connectivity index (χ4n) is 0.813. The monoisotopic (exact) mass is 250 g/mol. The molecule has 5 heteroatoms. The highest BCUT2D eigenvalue weighted by molar-refractivity contribution is 9.10. The van der Waals surface area contributed by atoms with Gasteiger partial charge in [-0.2, -0.15) is 0 Å². The van der Waals surface area contributed by atoms with Crippen molar-refractivity contribution in [1.29, 1.82) is 0 Å². The summed E-state index contributed by atoms with van der Waals surface area (Å²) in [5, 5.41) is 0. The van der Waals surface area contributed by atoms with Gasteiger partial charge in [-0.05, 0) is 22.4 Å². The number of aryl methyl sites for hydroxylation is 1. The van der Waals surface area contributed by atoms with E-state index in [0.29, 0.717) is 16.9 Å². The number of nitrogens with zero attached hydrogens (tertiary/aromatic N) is 2. The summed E-state index contributed by atoms with van der Waals surface area (Å²) in [6, 6.07) is 0. The van der Waals surface area contributed by atoms with Gasteiger partial charge >= 0.3 is 0 Å². The first-order valence-corrected chi connectivity index (χ1v) is 4.84. The molecule has 0 aliphatic rings. The van der Waals surface area contributed by atoms with E-state index in [-0.39, 0.29) is 5.56 Å². The van der Waals surface area contributed by atoms with Crippen molar-refractivity contribution in [2.45, 2.75) is 13.0 Å². The van der Waals surface area contributed by atoms with Crippen LogP contribution in [0.4, 0.5) is 0 Å². The summed E-state index contributed by atoms with van der Waals surface area (Å²) in [6.45, 7) is 0.620. The van der Waals surface area contributed by atoms with E-state index in [0.717, 1.165) is 6.42 Å². The lowest BCUT2D eigenvalue weighted by Crippen LogP contribution is -2.20. The Morgan fingerprint density at radius 3 is 3.08 bits per heavy atom. The molecule has 3 nitrogen and oxygen atoms in total. The van der Waals surface area contributed by atoms with Crippen LogP contribution in [0.15, 0.2) is 21.8 Å². The molecule has 0 bridgehead atoms. The molecular weight excluding hydrogens is 243 g/mol. The van der Waals surface area contributed by atoms with E-state index < -0.39 is 0 Å². The molecule has 0 atom stereocenters. The van der Waals surface area contributed by atoms with E-state index >= 15 is 0 Å². The third-order valence-electron chi connectivity index (χ3n) is 1.39. The van der Waals surface area contributed by atoms with Crippen LogP contribution in [0, 0.1) is 0 Å². The average Bonchev–Trinajstić information content (AvgIpc) is 2.08. The van der Waals surface area contributed by atoms with Crippen LogP contribution in [0.2, 0.25) is 0 Å². The van der Waals surface area contributed by atoms with Gasteiger partial charge in [-0.3, -0.25) is 9.36 Å². The van der Waals surface area contributed by atoms with Crippen LogP contribution in [-0.2, 0) is 6.54 Å². The predicted molar refractivity (Wildman–Crippen MR) is 51.5 cm³/mol. The number of halogens is 2. The molecule has 0 radical (unpaired) electrons. The minimum absolute atomic E-state index is 0.0601. The van der Waals surface area contributed by atoms with Crippen LogP contribution >= 0.6 is 27.5 Å². The Balaban J connectivity index is 2.85. The minimum atomic E-state index is -0.0601. The molecule has 1 aromatic heterocycles. The van der Waals surface area contributed by atoms with Crippen molar-refractivity contribution in [2.24, 2.45) is 0 Å². The molecule has 0 saturated heterocycles. The molecule has 0 fully saturated rings. The number of alkyl halides is 1. The Morgan fingerprint density at radius 2 is 2.42 bits per heavy atom. The molecule has 0 spiro atoms. The van der Waals surface area contributed by atoms with Gasteiger partial charge in [-0.1, -0.05) is 0 Å². The normalized spacial score (nSPS) is 10.2. The standard InChI is InChI=1S/C7H8BrClN2O/c8-6-4-10-5-11(7(6)12)3-1-2-9/h4-5H,1-3H2. The van der Waals surface area contributed by atoms with Gasteiger partial charge in [0, 0.05) is 18.6 Å². The maximum absolute atomic E-state index is 11.3. The second kappa shape index (κ2) is 4.62. The second-order valence-electron chi connectivity index (χ2n) is 2.28. The maximum Gasteiger partial charge on any atom is 0.267 e. The minimum Gasteiger partial charge on any atom is -0.298 e. The SMILES string of the molecule is O=c1c(Br)cncn1CCCCl. The Labute approximate surface area is 83.5 Å². The van der Waals surface area contributed by atoms with Gasteiger partial charge < -0.3 is 0 Å². The molecule has 0 unspecified atom stereocenters. The molecule has 1 heterocycles. The molecule has 12 heavy (non-hydrogen) atoms. The zero-order valence-corrected chi connectivity index (χ0v) is 8.68. The molecule has 0 N–H and O–H groups in total. The van der Waals surface area contributed by atoms with Crippen molar-refractivity contribution < 1.29 is 0 Å². The van der Waals surface area contributed by atoms with Gasteiger partial charge in [-0.15, -0.1) is 11.6 Å². The Bertz CT molecular complexity index is 313. The van der Waals surface area contributed by atoms with Gasteiger partial charge in [-0.25, -0.2) is 4.98 Å². The molecule has 0 amide bonds. The highest BCUT2D eigenvalue weighted by atomic mass is 79.9. The summed E-state index contributed by atoms with van der Waals surface area (Å²) < 4.78 is 2.02. The zero-order chi connectivity index (χ0) is 8.97. The second-order valence-corrected chi connectivity index (χ2v) is 3.51. The lowest BCUT2D eigenvalue weighted by molar-refractivity contribution is 0.640. The number of hydrogen-bond acceptors (Lipinski definition) is 2. The molecular formula is C7H8BrClN2O. The molecule has 0 saturated carbocycles. The number of aromatic nitrogens is 2. The Morgan fingerprint density at radius 1 is 1.67 bits per heavy atom. The number of rotatable bonds is 3. The van der Waals surface area contributed by atoms with Gasteiger partial charge in [0.1, 0.15) is 4.47 Å². The summed E-state index contributed by atoms with van der Waals surface area (Å²) in [4.78, 5) is 15.2. The molecule has 0 aliphatic carbocycles. The van der Waals surface area contributed by atoms with Crippen LogP contribution in [0.3, 0.4) is 0 Å². The first-order chi connectivity index (χ1) is 5.75. The average molecular weight is 252 g/mol. The first-order valence-electron chi connectivity index (χ1n) is 3.51. The Kier molecular flexibility index (Phi) is 3.75. The van der Waals surface area contributed by atoms with Gasteiger partial charge in [0.2, 0.25) is 0 Å². The fourth-order valence-corrected chi connectivity index (χ4v) is 1.28. The summed E-state index contributed by atoms with van der Waals surface area (Å²) in [5.74, 6) is 0.555. The fraction of sp³-hybridized carbons (Fsp3) is 0.429. The van der Waals surface area contributed by atoms with Crippen LogP contribution in [0.25, 0.3) is 0 Å². The number of hydrogen-bond donors (Lipinski definition) is 0. The van der Waals surface area contributed by atoms with E-state index in [1.165, 1.54) is 17.1 Å². The Hall–Kier alpha value is -0.350. The molecule has 66 valence electrons. The van der Waals surface area contributed by atoms with E-state index in [9.17, 15) is 4.79 Å². The maximum atomic E-state index is 11.3. The van der Waals surface area contributed by atoms with Gasteiger partial charge in [0.15, 0.2) is 0 Å². The molecule has 1 rings (SSSR count). The lowest BCUT2D eigenvalue weighted by atomic mass is 10.4. The van der Waals surface area contributed by atoms with Crippen LogP contribution in [0.5, 0.6) is 0 Å². The predicted octanol–water partition coefficient (Wildman–Crippen LogP) is 1.63. The topological polar surface area (TPSA) is 34.9 Å². The van der Waals surface area contributed by atoms with E-state index in [1.54, 1.807) is 0 Å². The summed E-state index contributed by atoms with van der Waals surface area (Å²) in [7, 11) is 0.